The van der Waals surface area contributed by atoms with Crippen LogP contribution in [0.2, 0.25) is 5.02 Å². The number of halogens is 2. The van der Waals surface area contributed by atoms with Crippen molar-refractivity contribution >= 4 is 44.4 Å². The lowest BCUT2D eigenvalue weighted by molar-refractivity contribution is -0.895. The molecule has 2 aromatic carbocycles. The van der Waals surface area contributed by atoms with E-state index < -0.39 is 6.04 Å². The number of benzene rings is 2. The summed E-state index contributed by atoms with van der Waals surface area (Å²) in [6.07, 6.45) is 0. The Morgan fingerprint density at radius 3 is 2.47 bits per heavy atom. The van der Waals surface area contributed by atoms with E-state index in [0.717, 1.165) is 29.7 Å². The van der Waals surface area contributed by atoms with Crippen molar-refractivity contribution in [2.45, 2.75) is 19.9 Å². The van der Waals surface area contributed by atoms with Gasteiger partial charge in [-0.15, -0.1) is 0 Å². The van der Waals surface area contributed by atoms with E-state index in [4.69, 9.17) is 16.0 Å². The van der Waals surface area contributed by atoms with Crippen LogP contribution in [0.15, 0.2) is 56.1 Å². The van der Waals surface area contributed by atoms with Crippen molar-refractivity contribution in [2.75, 3.05) is 26.2 Å². The molecule has 1 N–H and O–H groups in total. The molecule has 1 aliphatic rings. The minimum atomic E-state index is -0.487. The molecule has 0 saturated carbocycles. The third-order valence-corrected chi connectivity index (χ3v) is 6.56. The number of carbonyl (C=O) groups is 1. The predicted molar refractivity (Wildman–Crippen MR) is 121 cm³/mol. The molecule has 1 atom stereocenters. The van der Waals surface area contributed by atoms with Crippen LogP contribution in [0, 0.1) is 0 Å². The Kier molecular flexibility index (Phi) is 6.00. The molecule has 30 heavy (non-hydrogen) atoms. The molecule has 156 valence electrons. The second-order valence-corrected chi connectivity index (χ2v) is 8.83. The molecule has 0 spiro atoms. The fourth-order valence-corrected chi connectivity index (χ4v) is 4.58. The van der Waals surface area contributed by atoms with Crippen molar-refractivity contribution in [1.82, 2.24) is 4.90 Å². The van der Waals surface area contributed by atoms with Crippen LogP contribution in [0.3, 0.4) is 0 Å². The molecular formula is C23H23BrClN2O3+. The molecule has 0 fully saturated rings. The number of hydrogen-bond donors (Lipinski definition) is 1. The van der Waals surface area contributed by atoms with Gasteiger partial charge in [0.05, 0.1) is 43.2 Å². The Morgan fingerprint density at radius 2 is 1.80 bits per heavy atom. The van der Waals surface area contributed by atoms with E-state index in [-0.39, 0.29) is 17.1 Å². The second-order valence-electron chi connectivity index (χ2n) is 7.47. The number of hydrogen-bond acceptors (Lipinski definition) is 3. The molecular weight excluding hydrogens is 468 g/mol. The largest absolute Gasteiger partial charge is 0.450 e. The van der Waals surface area contributed by atoms with Gasteiger partial charge in [0.2, 0.25) is 5.76 Å². The van der Waals surface area contributed by atoms with Gasteiger partial charge >= 0.3 is 0 Å². The fourth-order valence-electron chi connectivity index (χ4n) is 4.10. The summed E-state index contributed by atoms with van der Waals surface area (Å²) in [4.78, 5) is 30.0. The second kappa shape index (κ2) is 8.53. The van der Waals surface area contributed by atoms with E-state index in [2.05, 4.69) is 29.8 Å². The van der Waals surface area contributed by atoms with Crippen LogP contribution in [0.1, 0.15) is 41.6 Å². The molecule has 3 aromatic rings. The molecule has 1 aromatic heterocycles. The molecule has 5 nitrogen and oxygen atoms in total. The van der Waals surface area contributed by atoms with Crippen molar-refractivity contribution in [3.63, 3.8) is 0 Å². The zero-order chi connectivity index (χ0) is 21.4. The summed E-state index contributed by atoms with van der Waals surface area (Å²) in [5.74, 6) is -0.0947. The Hall–Kier alpha value is -2.15. The van der Waals surface area contributed by atoms with Gasteiger partial charge in [-0.3, -0.25) is 9.59 Å². The molecule has 0 aliphatic carbocycles. The van der Waals surface area contributed by atoms with E-state index in [0.29, 0.717) is 28.1 Å². The van der Waals surface area contributed by atoms with Gasteiger partial charge in [0.25, 0.3) is 5.91 Å². The van der Waals surface area contributed by atoms with Gasteiger partial charge in [0, 0.05) is 9.50 Å². The third-order valence-electron chi connectivity index (χ3n) is 5.82. The molecule has 0 unspecified atom stereocenters. The van der Waals surface area contributed by atoms with Crippen molar-refractivity contribution in [2.24, 2.45) is 0 Å². The zero-order valence-corrected chi connectivity index (χ0v) is 19.2. The SMILES string of the molecule is CC[NH+](CC)CCN1C(=O)c2oc3ccc(Br)cc3c(=O)c2[C@H]1c1ccc(Cl)cc1. The maximum Gasteiger partial charge on any atom is 0.291 e. The summed E-state index contributed by atoms with van der Waals surface area (Å²) in [6.45, 7) is 7.55. The Balaban J connectivity index is 1.87. The van der Waals surface area contributed by atoms with Crippen LogP contribution in [0.4, 0.5) is 0 Å². The van der Waals surface area contributed by atoms with Crippen molar-refractivity contribution in [3.8, 4) is 0 Å². The maximum absolute atomic E-state index is 13.5. The average Bonchev–Trinajstić information content (AvgIpc) is 3.02. The number of rotatable bonds is 6. The van der Waals surface area contributed by atoms with Crippen LogP contribution in [-0.2, 0) is 0 Å². The summed E-state index contributed by atoms with van der Waals surface area (Å²) in [6, 6.07) is 12.1. The Bertz CT molecular complexity index is 1160. The van der Waals surface area contributed by atoms with Crippen LogP contribution in [0.5, 0.6) is 0 Å². The molecule has 0 saturated heterocycles. The molecule has 0 radical (unpaired) electrons. The summed E-state index contributed by atoms with van der Waals surface area (Å²) in [5, 5.41) is 1.07. The number of carbonyl (C=O) groups excluding carboxylic acids is 1. The summed E-state index contributed by atoms with van der Waals surface area (Å²) >= 11 is 9.50. The summed E-state index contributed by atoms with van der Waals surface area (Å²) in [7, 11) is 0. The van der Waals surface area contributed by atoms with E-state index in [9.17, 15) is 9.59 Å². The first-order valence-corrected chi connectivity index (χ1v) is 11.3. The lowest BCUT2D eigenvalue weighted by atomic mass is 9.98. The van der Waals surface area contributed by atoms with Crippen LogP contribution in [0.25, 0.3) is 11.0 Å². The standard InChI is InChI=1S/C23H22BrClN2O3/c1-3-26(4-2)11-12-27-20(14-5-8-16(25)9-6-14)19-21(28)17-13-15(24)7-10-18(17)30-22(19)23(27)29/h5-10,13,20H,3-4,11-12H2,1-2H3/p+1/t20-/m1/s1. The van der Waals surface area contributed by atoms with Crippen molar-refractivity contribution < 1.29 is 14.1 Å². The highest BCUT2D eigenvalue weighted by Crippen LogP contribution is 2.38. The molecule has 4 rings (SSSR count). The number of fused-ring (bicyclic) bond motifs is 2. The molecule has 2 heterocycles. The molecule has 7 heteroatoms. The van der Waals surface area contributed by atoms with Crippen LogP contribution in [-0.4, -0.2) is 37.0 Å². The van der Waals surface area contributed by atoms with Gasteiger partial charge in [-0.1, -0.05) is 39.7 Å². The summed E-state index contributed by atoms with van der Waals surface area (Å²) in [5.41, 5.74) is 1.50. The molecule has 1 amide bonds. The minimum absolute atomic E-state index is 0.143. The number of nitrogens with zero attached hydrogens (tertiary/aromatic N) is 1. The first-order valence-electron chi connectivity index (χ1n) is 10.1. The van der Waals surface area contributed by atoms with Gasteiger partial charge in [0.1, 0.15) is 5.58 Å². The first kappa shape index (κ1) is 21.1. The predicted octanol–water partition coefficient (Wildman–Crippen LogP) is 3.68. The van der Waals surface area contributed by atoms with Crippen LogP contribution >= 0.6 is 27.5 Å². The lowest BCUT2D eigenvalue weighted by Gasteiger charge is -2.26. The molecule has 1 aliphatic heterocycles. The maximum atomic E-state index is 13.5. The number of nitrogens with one attached hydrogen (secondary N) is 1. The highest BCUT2D eigenvalue weighted by molar-refractivity contribution is 9.10. The van der Waals surface area contributed by atoms with Gasteiger partial charge in [-0.25, -0.2) is 0 Å². The highest BCUT2D eigenvalue weighted by atomic mass is 79.9. The van der Waals surface area contributed by atoms with Crippen LogP contribution < -0.4 is 10.3 Å². The van der Waals surface area contributed by atoms with E-state index in [1.807, 2.05) is 12.1 Å². The number of amides is 1. The summed E-state index contributed by atoms with van der Waals surface area (Å²) < 4.78 is 6.76. The number of quaternary nitrogens is 1. The first-order chi connectivity index (χ1) is 14.4. The van der Waals surface area contributed by atoms with E-state index >= 15 is 0 Å². The van der Waals surface area contributed by atoms with E-state index in [1.54, 1.807) is 35.2 Å². The quantitative estimate of drug-likeness (QED) is 0.573. The zero-order valence-electron chi connectivity index (χ0n) is 16.9. The van der Waals surface area contributed by atoms with E-state index in [1.165, 1.54) is 4.90 Å². The van der Waals surface area contributed by atoms with Crippen molar-refractivity contribution in [3.05, 3.63) is 79.1 Å². The average molecular weight is 491 g/mol. The third kappa shape index (κ3) is 3.68. The Morgan fingerprint density at radius 1 is 1.10 bits per heavy atom. The Labute approximate surface area is 188 Å². The monoisotopic (exact) mass is 489 g/mol. The van der Waals surface area contributed by atoms with Crippen molar-refractivity contribution in [1.29, 1.82) is 0 Å². The fraction of sp³-hybridized carbons (Fsp3) is 0.304. The highest BCUT2D eigenvalue weighted by Gasteiger charge is 2.42. The number of likely N-dealkylation sites (N-methyl/N-ethyl adjacent to an activating group) is 1. The smallest absolute Gasteiger partial charge is 0.291 e. The van der Waals surface area contributed by atoms with Gasteiger partial charge in [0.15, 0.2) is 5.43 Å². The topological polar surface area (TPSA) is 55.0 Å². The van der Waals surface area contributed by atoms with Gasteiger partial charge < -0.3 is 14.2 Å². The lowest BCUT2D eigenvalue weighted by Crippen LogP contribution is -3.12. The minimum Gasteiger partial charge on any atom is -0.450 e. The van der Waals surface area contributed by atoms with Gasteiger partial charge in [-0.05, 0) is 49.7 Å². The normalized spacial score (nSPS) is 16.0. The molecule has 0 bridgehead atoms. The van der Waals surface area contributed by atoms with Gasteiger partial charge in [-0.2, -0.15) is 0 Å².